The van der Waals surface area contributed by atoms with E-state index in [9.17, 15) is 0 Å². The summed E-state index contributed by atoms with van der Waals surface area (Å²) in [7, 11) is 1.15. The maximum Gasteiger partial charge on any atom is 0.0410 e. The van der Waals surface area contributed by atoms with E-state index in [1.54, 1.807) is 36.8 Å². The predicted octanol–water partition coefficient (Wildman–Crippen LogP) is 15.5. The molecule has 0 saturated heterocycles. The molecule has 0 spiro atoms. The van der Waals surface area contributed by atoms with Crippen molar-refractivity contribution in [3.05, 3.63) is 59.7 Å². The number of hydrogen-bond donors (Lipinski definition) is 0. The quantitative estimate of drug-likeness (QED) is 0.0763. The highest BCUT2D eigenvalue weighted by molar-refractivity contribution is 6.37. The molecule has 2 aliphatic carbocycles. The van der Waals surface area contributed by atoms with Crippen LogP contribution in [0.15, 0.2) is 48.5 Å². The fourth-order valence-electron chi connectivity index (χ4n) is 9.67. The van der Waals surface area contributed by atoms with E-state index in [2.05, 4.69) is 76.2 Å². The summed E-state index contributed by atoms with van der Waals surface area (Å²) in [5.41, 5.74) is 6.93. The standard InChI is InChI=1S/C48H78Si/c1-5-7-37-49-40(4)20-17-24-47-38-43(31-36-48(47)46-22-15-12-16-23-46)26-25-42-29-34-45(35-30-42)44-32-27-41(28-33-44)21-14-11-9-8-10-13-19-39(3)18-6-2/h12,15-16,22-23,31,36,38-42,44-45H,5-11,13-14,17-21,24-30,32-35,37H2,1-4H3. The Hall–Kier alpha value is -1.34. The highest BCUT2D eigenvalue weighted by atomic mass is 28.2. The van der Waals surface area contributed by atoms with Crippen molar-refractivity contribution >= 4 is 9.52 Å². The van der Waals surface area contributed by atoms with Gasteiger partial charge < -0.3 is 0 Å². The van der Waals surface area contributed by atoms with Gasteiger partial charge >= 0.3 is 0 Å². The van der Waals surface area contributed by atoms with Gasteiger partial charge in [-0.2, -0.15) is 0 Å². The van der Waals surface area contributed by atoms with Crippen LogP contribution in [-0.2, 0) is 12.8 Å². The molecular formula is C48H78Si. The molecule has 0 N–H and O–H groups in total. The van der Waals surface area contributed by atoms with Crippen LogP contribution in [0.4, 0.5) is 0 Å². The van der Waals surface area contributed by atoms with Crippen molar-refractivity contribution in [3.8, 4) is 11.1 Å². The highest BCUT2D eigenvalue weighted by Crippen LogP contribution is 2.43. The molecule has 0 heterocycles. The molecule has 2 fully saturated rings. The molecule has 2 aliphatic rings. The van der Waals surface area contributed by atoms with Crippen molar-refractivity contribution in [2.45, 2.75) is 200 Å². The summed E-state index contributed by atoms with van der Waals surface area (Å²) in [5.74, 6) is 5.05. The number of aryl methyl sites for hydroxylation is 2. The normalized spacial score (nSPS) is 22.6. The van der Waals surface area contributed by atoms with Crippen LogP contribution < -0.4 is 0 Å². The van der Waals surface area contributed by atoms with Crippen molar-refractivity contribution in [1.82, 2.24) is 0 Å². The molecule has 2 radical (unpaired) electrons. The van der Waals surface area contributed by atoms with E-state index in [-0.39, 0.29) is 0 Å². The van der Waals surface area contributed by atoms with Crippen LogP contribution in [0.2, 0.25) is 11.6 Å². The molecular weight excluding hydrogens is 605 g/mol. The molecule has 4 rings (SSSR count). The van der Waals surface area contributed by atoms with Gasteiger partial charge in [0.1, 0.15) is 0 Å². The largest absolute Gasteiger partial charge is 0.0654 e. The first-order valence-electron chi connectivity index (χ1n) is 22.0. The van der Waals surface area contributed by atoms with Gasteiger partial charge in [0.15, 0.2) is 0 Å². The summed E-state index contributed by atoms with van der Waals surface area (Å²) >= 11 is 0. The molecule has 1 heteroatoms. The Morgan fingerprint density at radius 3 is 1.92 bits per heavy atom. The maximum absolute atomic E-state index is 2.60. The summed E-state index contributed by atoms with van der Waals surface area (Å²) in [6.07, 6.45) is 36.2. The lowest BCUT2D eigenvalue weighted by Gasteiger charge is -2.38. The van der Waals surface area contributed by atoms with Gasteiger partial charge in [0.25, 0.3) is 0 Å². The van der Waals surface area contributed by atoms with Crippen LogP contribution in [0.1, 0.15) is 187 Å². The van der Waals surface area contributed by atoms with Crippen LogP contribution >= 0.6 is 0 Å². The van der Waals surface area contributed by atoms with E-state index in [0.717, 1.165) is 44.7 Å². The smallest absolute Gasteiger partial charge is 0.0410 e. The number of benzene rings is 2. The first-order chi connectivity index (χ1) is 24.1. The summed E-state index contributed by atoms with van der Waals surface area (Å²) in [6, 6.07) is 20.1. The van der Waals surface area contributed by atoms with Crippen LogP contribution in [0.3, 0.4) is 0 Å². The Kier molecular flexibility index (Phi) is 19.8. The van der Waals surface area contributed by atoms with Gasteiger partial charge in [-0.15, -0.1) is 0 Å². The van der Waals surface area contributed by atoms with E-state index in [1.807, 2.05) is 0 Å². The molecule has 2 saturated carbocycles. The number of hydrogen-bond acceptors (Lipinski definition) is 0. The Labute approximate surface area is 308 Å². The molecule has 0 amide bonds. The number of unbranched alkanes of at least 4 members (excludes halogenated alkanes) is 6. The molecule has 2 atom stereocenters. The minimum atomic E-state index is 0.888. The Bertz CT molecular complexity index is 1090. The average Bonchev–Trinajstić information content (AvgIpc) is 3.13. The third-order valence-corrected chi connectivity index (χ3v) is 14.6. The topological polar surface area (TPSA) is 0 Å². The second-order valence-electron chi connectivity index (χ2n) is 17.2. The molecule has 2 unspecified atom stereocenters. The zero-order valence-corrected chi connectivity index (χ0v) is 34.0. The second-order valence-corrected chi connectivity index (χ2v) is 19.0. The van der Waals surface area contributed by atoms with Crippen molar-refractivity contribution < 1.29 is 0 Å². The van der Waals surface area contributed by atoms with Gasteiger partial charge in [0.2, 0.25) is 0 Å². The zero-order valence-electron chi connectivity index (χ0n) is 33.0. The Balaban J connectivity index is 1.11. The average molecular weight is 683 g/mol. The highest BCUT2D eigenvalue weighted by Gasteiger charge is 2.30. The van der Waals surface area contributed by atoms with Crippen molar-refractivity contribution in [2.24, 2.45) is 29.6 Å². The van der Waals surface area contributed by atoms with E-state index in [0.29, 0.717) is 0 Å². The van der Waals surface area contributed by atoms with Crippen molar-refractivity contribution in [3.63, 3.8) is 0 Å². The van der Waals surface area contributed by atoms with Crippen LogP contribution in [0.25, 0.3) is 11.1 Å². The van der Waals surface area contributed by atoms with Gasteiger partial charge in [-0.3, -0.25) is 0 Å². The minimum absolute atomic E-state index is 0.888. The molecule has 0 bridgehead atoms. The predicted molar refractivity (Wildman–Crippen MR) is 220 cm³/mol. The zero-order chi connectivity index (χ0) is 34.5. The van der Waals surface area contributed by atoms with Gasteiger partial charge in [-0.05, 0) is 103 Å². The lowest BCUT2D eigenvalue weighted by atomic mass is 9.68. The lowest BCUT2D eigenvalue weighted by molar-refractivity contribution is 0.140. The summed E-state index contributed by atoms with van der Waals surface area (Å²) in [4.78, 5) is 0. The van der Waals surface area contributed by atoms with E-state index in [4.69, 9.17) is 0 Å². The SMILES string of the molecule is CCCC[Si]C(C)CCCc1cc(CCC2CCC(C3CCC(CCCCCCCCC(C)CCC)CC3)CC2)ccc1-c1ccccc1. The van der Waals surface area contributed by atoms with Crippen LogP contribution in [-0.4, -0.2) is 9.52 Å². The van der Waals surface area contributed by atoms with Gasteiger partial charge in [0.05, 0.1) is 0 Å². The Morgan fingerprint density at radius 2 is 1.24 bits per heavy atom. The monoisotopic (exact) mass is 683 g/mol. The van der Waals surface area contributed by atoms with Crippen molar-refractivity contribution in [2.75, 3.05) is 0 Å². The van der Waals surface area contributed by atoms with E-state index < -0.39 is 0 Å². The third-order valence-electron chi connectivity index (χ3n) is 13.0. The molecule has 0 nitrogen and oxygen atoms in total. The minimum Gasteiger partial charge on any atom is -0.0654 e. The fraction of sp³-hybridized carbons (Fsp3) is 0.750. The Morgan fingerprint density at radius 1 is 0.592 bits per heavy atom. The molecule has 0 aliphatic heterocycles. The number of rotatable bonds is 24. The van der Waals surface area contributed by atoms with E-state index >= 15 is 0 Å². The summed E-state index contributed by atoms with van der Waals surface area (Å²) in [6.45, 7) is 9.59. The van der Waals surface area contributed by atoms with Gasteiger partial charge in [0, 0.05) is 9.52 Å². The molecule has 49 heavy (non-hydrogen) atoms. The lowest BCUT2D eigenvalue weighted by Crippen LogP contribution is -2.26. The summed E-state index contributed by atoms with van der Waals surface area (Å²) in [5, 5.41) is 0. The van der Waals surface area contributed by atoms with Crippen LogP contribution in [0.5, 0.6) is 0 Å². The molecule has 2 aromatic carbocycles. The first kappa shape index (κ1) is 40.4. The third kappa shape index (κ3) is 15.4. The fourth-order valence-corrected chi connectivity index (χ4v) is 11.1. The van der Waals surface area contributed by atoms with E-state index in [1.165, 1.54) is 152 Å². The van der Waals surface area contributed by atoms with Gasteiger partial charge in [-0.1, -0.05) is 197 Å². The van der Waals surface area contributed by atoms with Gasteiger partial charge in [-0.25, -0.2) is 0 Å². The van der Waals surface area contributed by atoms with Crippen LogP contribution in [0, 0.1) is 29.6 Å². The van der Waals surface area contributed by atoms with Crippen molar-refractivity contribution in [1.29, 1.82) is 0 Å². The summed E-state index contributed by atoms with van der Waals surface area (Å²) < 4.78 is 0. The first-order valence-corrected chi connectivity index (χ1v) is 23.2. The second kappa shape index (κ2) is 24.0. The molecule has 274 valence electrons. The maximum atomic E-state index is 2.60. The molecule has 0 aromatic heterocycles. The molecule has 2 aromatic rings.